The Hall–Kier alpha value is -1.66. The molecule has 1 atom stereocenters. The third kappa shape index (κ3) is 3.68. The van der Waals surface area contributed by atoms with Crippen molar-refractivity contribution in [1.29, 1.82) is 0 Å². The van der Waals surface area contributed by atoms with Crippen LogP contribution in [0.5, 0.6) is 0 Å². The fourth-order valence-electron chi connectivity index (χ4n) is 1.98. The van der Waals surface area contributed by atoms with Gasteiger partial charge in [-0.25, -0.2) is 4.98 Å². The average Bonchev–Trinajstić information content (AvgIpc) is 3.07. The molecule has 2 aromatic rings. The van der Waals surface area contributed by atoms with Gasteiger partial charge in [0.2, 0.25) is 0 Å². The summed E-state index contributed by atoms with van der Waals surface area (Å²) in [6.07, 6.45) is 1.64. The van der Waals surface area contributed by atoms with Crippen LogP contribution in [0.2, 0.25) is 0 Å². The molecular formula is C14H18N2O3S. The van der Waals surface area contributed by atoms with E-state index in [1.807, 2.05) is 31.5 Å². The first-order chi connectivity index (χ1) is 9.60. The number of carbonyl (C=O) groups excluding carboxylic acids is 1. The van der Waals surface area contributed by atoms with Crippen molar-refractivity contribution in [2.24, 2.45) is 5.92 Å². The van der Waals surface area contributed by atoms with Crippen molar-refractivity contribution in [3.63, 3.8) is 0 Å². The molecule has 0 aliphatic rings. The number of esters is 1. The highest BCUT2D eigenvalue weighted by molar-refractivity contribution is 7.13. The first-order valence-corrected chi connectivity index (χ1v) is 7.22. The minimum Gasteiger partial charge on any atom is -0.469 e. The van der Waals surface area contributed by atoms with E-state index in [-0.39, 0.29) is 11.9 Å². The maximum absolute atomic E-state index is 11.4. The van der Waals surface area contributed by atoms with Gasteiger partial charge in [0.1, 0.15) is 0 Å². The number of carbonyl (C=O) groups is 1. The summed E-state index contributed by atoms with van der Waals surface area (Å²) < 4.78 is 10.0. The third-order valence-corrected chi connectivity index (χ3v) is 3.81. The predicted molar refractivity (Wildman–Crippen MR) is 77.3 cm³/mol. The summed E-state index contributed by atoms with van der Waals surface area (Å²) in [6.45, 7) is 3.19. The number of thiazole rings is 1. The van der Waals surface area contributed by atoms with E-state index in [0.717, 1.165) is 16.5 Å². The SMILES string of the molecule is COC(=O)C(C)CN(C)Cc1csc(-c2ccco2)n1. The van der Waals surface area contributed by atoms with Gasteiger partial charge in [0, 0.05) is 18.5 Å². The van der Waals surface area contributed by atoms with Gasteiger partial charge in [-0.2, -0.15) is 0 Å². The molecule has 0 spiro atoms. The van der Waals surface area contributed by atoms with Gasteiger partial charge in [0.05, 0.1) is 25.0 Å². The van der Waals surface area contributed by atoms with E-state index < -0.39 is 0 Å². The molecule has 0 saturated carbocycles. The number of furan rings is 1. The number of aromatic nitrogens is 1. The molecule has 108 valence electrons. The van der Waals surface area contributed by atoms with Gasteiger partial charge >= 0.3 is 5.97 Å². The second kappa shape index (κ2) is 6.67. The highest BCUT2D eigenvalue weighted by atomic mass is 32.1. The van der Waals surface area contributed by atoms with Crippen LogP contribution in [-0.2, 0) is 16.1 Å². The van der Waals surface area contributed by atoms with Crippen LogP contribution in [0, 0.1) is 5.92 Å². The summed E-state index contributed by atoms with van der Waals surface area (Å²) in [4.78, 5) is 18.0. The lowest BCUT2D eigenvalue weighted by Crippen LogP contribution is -2.29. The Morgan fingerprint density at radius 3 is 3.05 bits per heavy atom. The highest BCUT2D eigenvalue weighted by Crippen LogP contribution is 2.24. The zero-order valence-corrected chi connectivity index (χ0v) is 12.6. The van der Waals surface area contributed by atoms with E-state index in [1.165, 1.54) is 7.11 Å². The highest BCUT2D eigenvalue weighted by Gasteiger charge is 2.16. The topological polar surface area (TPSA) is 55.6 Å². The van der Waals surface area contributed by atoms with Gasteiger partial charge in [-0.05, 0) is 19.2 Å². The Bertz CT molecular complexity index is 551. The number of rotatable bonds is 6. The maximum Gasteiger partial charge on any atom is 0.309 e. The number of hydrogen-bond donors (Lipinski definition) is 0. The fourth-order valence-corrected chi connectivity index (χ4v) is 2.75. The normalized spacial score (nSPS) is 12.6. The predicted octanol–water partition coefficient (Wildman–Crippen LogP) is 2.64. The molecule has 6 heteroatoms. The molecule has 20 heavy (non-hydrogen) atoms. The van der Waals surface area contributed by atoms with E-state index in [9.17, 15) is 4.79 Å². The smallest absolute Gasteiger partial charge is 0.309 e. The summed E-state index contributed by atoms with van der Waals surface area (Å²) in [5.74, 6) is 0.450. The maximum atomic E-state index is 11.4. The van der Waals surface area contributed by atoms with Crippen molar-refractivity contribution in [3.05, 3.63) is 29.5 Å². The van der Waals surface area contributed by atoms with Gasteiger partial charge in [0.15, 0.2) is 10.8 Å². The standard InChI is InChI=1S/C14H18N2O3S/c1-10(14(17)18-3)7-16(2)8-11-9-20-13(15-11)12-5-4-6-19-12/h4-6,9-10H,7-8H2,1-3H3. The van der Waals surface area contributed by atoms with Crippen LogP contribution in [0.15, 0.2) is 28.2 Å². The summed E-state index contributed by atoms with van der Waals surface area (Å²) in [5, 5.41) is 2.89. The Kier molecular flexibility index (Phi) is 4.92. The molecule has 0 aromatic carbocycles. The number of nitrogens with zero attached hydrogens (tertiary/aromatic N) is 2. The third-order valence-electron chi connectivity index (χ3n) is 2.90. The van der Waals surface area contributed by atoms with Gasteiger partial charge in [-0.15, -0.1) is 11.3 Å². The van der Waals surface area contributed by atoms with Crippen molar-refractivity contribution in [3.8, 4) is 10.8 Å². The monoisotopic (exact) mass is 294 g/mol. The van der Waals surface area contributed by atoms with E-state index in [0.29, 0.717) is 13.1 Å². The number of methoxy groups -OCH3 is 1. The first-order valence-electron chi connectivity index (χ1n) is 6.34. The minimum absolute atomic E-state index is 0.145. The molecule has 1 unspecified atom stereocenters. The van der Waals surface area contributed by atoms with Gasteiger partial charge < -0.3 is 9.15 Å². The largest absolute Gasteiger partial charge is 0.469 e. The molecule has 0 amide bonds. The molecule has 2 aromatic heterocycles. The molecule has 2 heterocycles. The van der Waals surface area contributed by atoms with Crippen molar-refractivity contribution < 1.29 is 13.9 Å². The van der Waals surface area contributed by atoms with E-state index in [4.69, 9.17) is 9.15 Å². The van der Waals surface area contributed by atoms with E-state index in [2.05, 4.69) is 9.88 Å². The molecule has 0 saturated heterocycles. The van der Waals surface area contributed by atoms with Crippen LogP contribution in [-0.4, -0.2) is 36.6 Å². The van der Waals surface area contributed by atoms with Crippen LogP contribution in [0.4, 0.5) is 0 Å². The summed E-state index contributed by atoms with van der Waals surface area (Å²) >= 11 is 1.56. The van der Waals surface area contributed by atoms with Gasteiger partial charge in [0.25, 0.3) is 0 Å². The number of ether oxygens (including phenoxy) is 1. The van der Waals surface area contributed by atoms with Crippen molar-refractivity contribution in [2.45, 2.75) is 13.5 Å². The van der Waals surface area contributed by atoms with Crippen LogP contribution < -0.4 is 0 Å². The van der Waals surface area contributed by atoms with E-state index in [1.54, 1.807) is 17.6 Å². The Labute approximate surface area is 122 Å². The molecule has 0 bridgehead atoms. The van der Waals surface area contributed by atoms with E-state index >= 15 is 0 Å². The van der Waals surface area contributed by atoms with Crippen LogP contribution in [0.25, 0.3) is 10.8 Å². The quantitative estimate of drug-likeness (QED) is 0.767. The average molecular weight is 294 g/mol. The summed E-state index contributed by atoms with van der Waals surface area (Å²) in [6, 6.07) is 3.74. The van der Waals surface area contributed by atoms with Crippen molar-refractivity contribution in [2.75, 3.05) is 20.7 Å². The van der Waals surface area contributed by atoms with Crippen molar-refractivity contribution >= 4 is 17.3 Å². The lowest BCUT2D eigenvalue weighted by Gasteiger charge is -2.18. The van der Waals surface area contributed by atoms with Gasteiger partial charge in [-0.1, -0.05) is 6.92 Å². The summed E-state index contributed by atoms with van der Waals surface area (Å²) in [5.41, 5.74) is 0.973. The molecule has 0 N–H and O–H groups in total. The van der Waals surface area contributed by atoms with Crippen molar-refractivity contribution in [1.82, 2.24) is 9.88 Å². The minimum atomic E-state index is -0.189. The van der Waals surface area contributed by atoms with Gasteiger partial charge in [-0.3, -0.25) is 9.69 Å². The Morgan fingerprint density at radius 1 is 1.60 bits per heavy atom. The Morgan fingerprint density at radius 2 is 2.40 bits per heavy atom. The molecule has 5 nitrogen and oxygen atoms in total. The Balaban J connectivity index is 1.92. The molecule has 0 aliphatic carbocycles. The fraction of sp³-hybridized carbons (Fsp3) is 0.429. The summed E-state index contributed by atoms with van der Waals surface area (Å²) in [7, 11) is 3.38. The molecular weight excluding hydrogens is 276 g/mol. The van der Waals surface area contributed by atoms with Crippen LogP contribution in [0.1, 0.15) is 12.6 Å². The van der Waals surface area contributed by atoms with Crippen LogP contribution >= 0.6 is 11.3 Å². The molecule has 2 rings (SSSR count). The molecule has 0 radical (unpaired) electrons. The number of hydrogen-bond acceptors (Lipinski definition) is 6. The lowest BCUT2D eigenvalue weighted by atomic mass is 10.2. The lowest BCUT2D eigenvalue weighted by molar-refractivity contribution is -0.145. The first kappa shape index (κ1) is 14.7. The zero-order valence-electron chi connectivity index (χ0n) is 11.8. The second-order valence-corrected chi connectivity index (χ2v) is 5.60. The second-order valence-electron chi connectivity index (χ2n) is 4.74. The zero-order chi connectivity index (χ0) is 14.5. The molecule has 0 fully saturated rings. The van der Waals surface area contributed by atoms with Crippen LogP contribution in [0.3, 0.4) is 0 Å². The molecule has 0 aliphatic heterocycles.